The maximum Gasteiger partial charge on any atom is 0.358 e. The van der Waals surface area contributed by atoms with E-state index in [9.17, 15) is 13.5 Å². The van der Waals surface area contributed by atoms with Gasteiger partial charge in [-0.3, -0.25) is 4.28 Å². The fourth-order valence-electron chi connectivity index (χ4n) is 4.54. The van der Waals surface area contributed by atoms with Gasteiger partial charge in [-0.15, -0.1) is 0 Å². The summed E-state index contributed by atoms with van der Waals surface area (Å²) in [5, 5.41) is 14.5. The summed E-state index contributed by atoms with van der Waals surface area (Å²) in [6.07, 6.45) is 6.49. The molecule has 5 nitrogen and oxygen atoms in total. The molecule has 6 heteroatoms. The van der Waals surface area contributed by atoms with Crippen LogP contribution >= 0.6 is 0 Å². The first-order chi connectivity index (χ1) is 11.8. The third-order valence-electron chi connectivity index (χ3n) is 5.99. The second kappa shape index (κ2) is 7.08. The minimum Gasteiger partial charge on any atom is -0.393 e. The molecule has 3 unspecified atom stereocenters. The number of oxime groups is 1. The average Bonchev–Trinajstić information content (AvgIpc) is 2.60. The molecule has 3 atom stereocenters. The quantitative estimate of drug-likeness (QED) is 0.650. The van der Waals surface area contributed by atoms with E-state index in [0.717, 1.165) is 50.5 Å². The van der Waals surface area contributed by atoms with Crippen molar-refractivity contribution in [1.82, 2.24) is 0 Å². The van der Waals surface area contributed by atoms with Gasteiger partial charge in [-0.1, -0.05) is 35.7 Å². The molecule has 0 heterocycles. The molecule has 2 aliphatic rings. The number of nitrogens with zero attached hydrogens (tertiary/aromatic N) is 1. The molecule has 2 saturated carbocycles. The zero-order valence-corrected chi connectivity index (χ0v) is 15.8. The summed E-state index contributed by atoms with van der Waals surface area (Å²) in [5.74, 6) is 0.157. The number of rotatable bonds is 4. The average molecular weight is 365 g/mol. The first kappa shape index (κ1) is 18.4. The first-order valence-electron chi connectivity index (χ1n) is 9.09. The molecule has 0 aliphatic heterocycles. The number of hydrogen-bond donors (Lipinski definition) is 1. The van der Waals surface area contributed by atoms with Crippen molar-refractivity contribution in [3.8, 4) is 0 Å². The zero-order valence-electron chi connectivity index (χ0n) is 14.9. The van der Waals surface area contributed by atoms with Gasteiger partial charge in [0.25, 0.3) is 0 Å². The first-order valence-corrected chi connectivity index (χ1v) is 10.5. The number of benzene rings is 1. The van der Waals surface area contributed by atoms with E-state index in [2.05, 4.69) is 5.16 Å². The molecule has 25 heavy (non-hydrogen) atoms. The molecule has 138 valence electrons. The highest BCUT2D eigenvalue weighted by Gasteiger charge is 2.48. The highest BCUT2D eigenvalue weighted by atomic mass is 32.2. The standard InChI is InChI=1S/C19H27NO4S/c1-14-8-10-16(11-9-14)25(22,23)24-20-15(2)19-12-4-3-6-17(19)18(21)7-5-13-19/h8-11,17-18,21H,3-7,12-13H2,1-2H3. The molecule has 1 aromatic rings. The highest BCUT2D eigenvalue weighted by Crippen LogP contribution is 2.51. The predicted octanol–water partition coefficient (Wildman–Crippen LogP) is 3.80. The van der Waals surface area contributed by atoms with E-state index >= 15 is 0 Å². The van der Waals surface area contributed by atoms with E-state index in [1.165, 1.54) is 12.1 Å². The molecule has 3 rings (SSSR count). The molecule has 1 N–H and O–H groups in total. The molecular formula is C19H27NO4S. The van der Waals surface area contributed by atoms with Crippen molar-refractivity contribution < 1.29 is 17.8 Å². The summed E-state index contributed by atoms with van der Waals surface area (Å²) >= 11 is 0. The monoisotopic (exact) mass is 365 g/mol. The van der Waals surface area contributed by atoms with Crippen LogP contribution in [-0.2, 0) is 14.4 Å². The van der Waals surface area contributed by atoms with Crippen LogP contribution in [0.15, 0.2) is 34.3 Å². The lowest BCUT2D eigenvalue weighted by atomic mass is 9.56. The van der Waals surface area contributed by atoms with E-state index in [0.29, 0.717) is 5.71 Å². The van der Waals surface area contributed by atoms with Crippen LogP contribution in [0.25, 0.3) is 0 Å². The van der Waals surface area contributed by atoms with Gasteiger partial charge in [0.1, 0.15) is 4.90 Å². The molecule has 0 saturated heterocycles. The van der Waals surface area contributed by atoms with Crippen molar-refractivity contribution in [3.63, 3.8) is 0 Å². The summed E-state index contributed by atoms with van der Waals surface area (Å²) in [7, 11) is -3.92. The lowest BCUT2D eigenvalue weighted by molar-refractivity contribution is -0.0185. The molecule has 2 fully saturated rings. The van der Waals surface area contributed by atoms with Crippen LogP contribution in [0.2, 0.25) is 0 Å². The van der Waals surface area contributed by atoms with Gasteiger partial charge < -0.3 is 5.11 Å². The minimum atomic E-state index is -3.92. The van der Waals surface area contributed by atoms with E-state index in [4.69, 9.17) is 4.28 Å². The van der Waals surface area contributed by atoms with Gasteiger partial charge in [-0.2, -0.15) is 8.42 Å². The Morgan fingerprint density at radius 3 is 2.56 bits per heavy atom. The summed E-state index contributed by atoms with van der Waals surface area (Å²) in [5.41, 5.74) is 1.46. The molecule has 1 aromatic carbocycles. The Labute approximate surface area is 150 Å². The van der Waals surface area contributed by atoms with Crippen molar-refractivity contribution in [2.45, 2.75) is 69.8 Å². The van der Waals surface area contributed by atoms with Crippen molar-refractivity contribution in [3.05, 3.63) is 29.8 Å². The summed E-state index contributed by atoms with van der Waals surface area (Å²) in [6.45, 7) is 3.75. The van der Waals surface area contributed by atoms with Gasteiger partial charge in [0, 0.05) is 5.41 Å². The van der Waals surface area contributed by atoms with E-state index in [1.807, 2.05) is 13.8 Å². The largest absolute Gasteiger partial charge is 0.393 e. The van der Waals surface area contributed by atoms with E-state index in [-0.39, 0.29) is 22.3 Å². The fraction of sp³-hybridized carbons (Fsp3) is 0.632. The maximum atomic E-state index is 12.4. The molecular weight excluding hydrogens is 338 g/mol. The third-order valence-corrected chi connectivity index (χ3v) is 7.11. The number of fused-ring (bicyclic) bond motifs is 1. The molecule has 0 radical (unpaired) electrons. The number of aliphatic hydroxyl groups excluding tert-OH is 1. The number of hydrogen-bond acceptors (Lipinski definition) is 5. The van der Waals surface area contributed by atoms with Crippen LogP contribution in [0, 0.1) is 18.3 Å². The van der Waals surface area contributed by atoms with Gasteiger partial charge in [0.15, 0.2) is 0 Å². The lowest BCUT2D eigenvalue weighted by Crippen LogP contribution is -2.48. The summed E-state index contributed by atoms with van der Waals surface area (Å²) < 4.78 is 29.8. The van der Waals surface area contributed by atoms with E-state index in [1.54, 1.807) is 12.1 Å². The van der Waals surface area contributed by atoms with Crippen molar-refractivity contribution in [1.29, 1.82) is 0 Å². The SMILES string of the molecule is CC(=NOS(=O)(=O)c1ccc(C)cc1)C12CCCCC1C(O)CCC2. The van der Waals surface area contributed by atoms with Crippen LogP contribution < -0.4 is 0 Å². The summed E-state index contributed by atoms with van der Waals surface area (Å²) in [6, 6.07) is 6.53. The Morgan fingerprint density at radius 2 is 1.84 bits per heavy atom. The third kappa shape index (κ3) is 3.60. The Bertz CT molecular complexity index is 737. The highest BCUT2D eigenvalue weighted by molar-refractivity contribution is 7.86. The van der Waals surface area contributed by atoms with Crippen LogP contribution in [0.3, 0.4) is 0 Å². The second-order valence-corrected chi connectivity index (χ2v) is 9.02. The Hall–Kier alpha value is -1.40. The van der Waals surface area contributed by atoms with Crippen LogP contribution in [0.4, 0.5) is 0 Å². The molecule has 0 amide bonds. The Balaban J connectivity index is 1.83. The Morgan fingerprint density at radius 1 is 1.16 bits per heavy atom. The second-order valence-electron chi connectivity index (χ2n) is 7.49. The van der Waals surface area contributed by atoms with Gasteiger partial charge in [-0.05, 0) is 64.0 Å². The molecule has 0 bridgehead atoms. The predicted molar refractivity (Wildman–Crippen MR) is 96.8 cm³/mol. The summed E-state index contributed by atoms with van der Waals surface area (Å²) in [4.78, 5) is 0.107. The molecule has 0 aromatic heterocycles. The van der Waals surface area contributed by atoms with Crippen LogP contribution in [0.1, 0.15) is 57.4 Å². The lowest BCUT2D eigenvalue weighted by Gasteiger charge is -2.49. The maximum absolute atomic E-state index is 12.4. The van der Waals surface area contributed by atoms with Crippen molar-refractivity contribution in [2.75, 3.05) is 0 Å². The normalized spacial score (nSPS) is 30.6. The van der Waals surface area contributed by atoms with E-state index < -0.39 is 10.1 Å². The van der Waals surface area contributed by atoms with Crippen molar-refractivity contribution >= 4 is 15.8 Å². The Kier molecular flexibility index (Phi) is 5.21. The topological polar surface area (TPSA) is 76.0 Å². The fourth-order valence-corrected chi connectivity index (χ4v) is 5.30. The zero-order chi connectivity index (χ0) is 18.1. The van der Waals surface area contributed by atoms with Gasteiger partial charge in [0.2, 0.25) is 0 Å². The molecule has 2 aliphatic carbocycles. The van der Waals surface area contributed by atoms with Crippen molar-refractivity contribution in [2.24, 2.45) is 16.5 Å². The molecule has 0 spiro atoms. The van der Waals surface area contributed by atoms with Gasteiger partial charge in [-0.25, -0.2) is 0 Å². The van der Waals surface area contributed by atoms with Gasteiger partial charge >= 0.3 is 10.1 Å². The van der Waals surface area contributed by atoms with Gasteiger partial charge in [0.05, 0.1) is 11.8 Å². The van der Waals surface area contributed by atoms with Crippen LogP contribution in [0.5, 0.6) is 0 Å². The van der Waals surface area contributed by atoms with Crippen LogP contribution in [-0.4, -0.2) is 25.3 Å². The number of aryl methyl sites for hydroxylation is 1. The smallest absolute Gasteiger partial charge is 0.358 e. The number of aliphatic hydroxyl groups is 1. The minimum absolute atomic E-state index is 0.107.